The van der Waals surface area contributed by atoms with Crippen LogP contribution in [0.1, 0.15) is 22.8 Å². The molecule has 0 unspecified atom stereocenters. The van der Waals surface area contributed by atoms with E-state index >= 15 is 0 Å². The Bertz CT molecular complexity index is 473. The molecular formula is C12H15NO2S. The van der Waals surface area contributed by atoms with Crippen LogP contribution in [0.5, 0.6) is 0 Å². The van der Waals surface area contributed by atoms with Crippen LogP contribution in [-0.2, 0) is 6.42 Å². The van der Waals surface area contributed by atoms with Crippen LogP contribution in [0.15, 0.2) is 16.5 Å². The van der Waals surface area contributed by atoms with E-state index < -0.39 is 0 Å². The molecule has 0 saturated heterocycles. The fraction of sp³-hybridized carbons (Fsp3) is 0.417. The third kappa shape index (κ3) is 2.33. The molecule has 4 heteroatoms. The zero-order valence-electron chi connectivity index (χ0n) is 9.49. The Balaban J connectivity index is 2.23. The summed E-state index contributed by atoms with van der Waals surface area (Å²) in [6.45, 7) is 4.16. The molecule has 0 radical (unpaired) electrons. The number of rotatable bonds is 4. The Morgan fingerprint density at radius 3 is 2.81 bits per heavy atom. The molecule has 2 aromatic heterocycles. The van der Waals surface area contributed by atoms with Crippen molar-refractivity contribution in [2.45, 2.75) is 26.7 Å². The maximum absolute atomic E-state index is 8.81. The summed E-state index contributed by atoms with van der Waals surface area (Å²) in [7, 11) is 0. The number of hydrogen-bond acceptors (Lipinski definition) is 4. The number of aliphatic hydroxyl groups excluding tert-OH is 1. The summed E-state index contributed by atoms with van der Waals surface area (Å²) in [5.41, 5.74) is 1.04. The third-order valence-electron chi connectivity index (χ3n) is 2.41. The quantitative estimate of drug-likeness (QED) is 0.889. The molecule has 0 aliphatic rings. The van der Waals surface area contributed by atoms with E-state index in [1.54, 1.807) is 11.3 Å². The number of furan rings is 1. The van der Waals surface area contributed by atoms with Gasteiger partial charge in [-0.3, -0.25) is 0 Å². The van der Waals surface area contributed by atoms with Gasteiger partial charge in [0, 0.05) is 11.5 Å². The Kier molecular flexibility index (Phi) is 3.41. The van der Waals surface area contributed by atoms with Gasteiger partial charge < -0.3 is 9.52 Å². The van der Waals surface area contributed by atoms with Gasteiger partial charge in [0.1, 0.15) is 5.76 Å². The van der Waals surface area contributed by atoms with E-state index in [0.717, 1.165) is 35.1 Å². The summed E-state index contributed by atoms with van der Waals surface area (Å²) in [6, 6.07) is 3.89. The van der Waals surface area contributed by atoms with Crippen molar-refractivity contribution in [3.05, 3.63) is 28.5 Å². The molecule has 0 spiro atoms. The lowest BCUT2D eigenvalue weighted by molar-refractivity contribution is 0.289. The van der Waals surface area contributed by atoms with E-state index in [2.05, 4.69) is 4.98 Å². The van der Waals surface area contributed by atoms with Crippen LogP contribution in [0.2, 0.25) is 0 Å². The minimum atomic E-state index is 0.229. The highest BCUT2D eigenvalue weighted by atomic mass is 32.1. The molecule has 1 N–H and O–H groups in total. The van der Waals surface area contributed by atoms with E-state index in [1.165, 1.54) is 4.88 Å². The highest BCUT2D eigenvalue weighted by Gasteiger charge is 2.11. The van der Waals surface area contributed by atoms with E-state index in [0.29, 0.717) is 0 Å². The molecule has 16 heavy (non-hydrogen) atoms. The molecule has 0 aliphatic heterocycles. The molecule has 0 amide bonds. The highest BCUT2D eigenvalue weighted by molar-refractivity contribution is 7.15. The van der Waals surface area contributed by atoms with Crippen LogP contribution >= 0.6 is 11.3 Å². The van der Waals surface area contributed by atoms with E-state index in [4.69, 9.17) is 9.52 Å². The number of aromatic nitrogens is 1. The van der Waals surface area contributed by atoms with Gasteiger partial charge in [-0.15, -0.1) is 11.3 Å². The molecule has 3 nitrogen and oxygen atoms in total. The zero-order valence-corrected chi connectivity index (χ0v) is 10.3. The first-order chi connectivity index (χ1) is 7.70. The number of thiazole rings is 1. The van der Waals surface area contributed by atoms with E-state index in [-0.39, 0.29) is 6.61 Å². The van der Waals surface area contributed by atoms with Crippen molar-refractivity contribution < 1.29 is 9.52 Å². The fourth-order valence-corrected chi connectivity index (χ4v) is 2.62. The first-order valence-corrected chi connectivity index (χ1v) is 6.16. The second-order valence-electron chi connectivity index (χ2n) is 3.77. The Labute approximate surface area is 98.8 Å². The average Bonchev–Trinajstić information content (AvgIpc) is 2.82. The summed E-state index contributed by atoms with van der Waals surface area (Å²) in [5.74, 6) is 1.74. The first kappa shape index (κ1) is 11.4. The van der Waals surface area contributed by atoms with Gasteiger partial charge in [-0.1, -0.05) is 0 Å². The second kappa shape index (κ2) is 4.80. The third-order valence-corrected chi connectivity index (χ3v) is 3.64. The molecule has 0 aliphatic carbocycles. The predicted molar refractivity (Wildman–Crippen MR) is 64.7 cm³/mol. The molecule has 86 valence electrons. The summed E-state index contributed by atoms with van der Waals surface area (Å²) in [5, 5.41) is 9.74. The maximum atomic E-state index is 8.81. The standard InChI is InChI=1S/C12H15NO2S/c1-8-5-6-10(15-8)12-13-9(2)11(16-12)4-3-7-14/h5-6,14H,3-4,7H2,1-2H3. The van der Waals surface area contributed by atoms with Crippen molar-refractivity contribution in [3.8, 4) is 10.8 Å². The summed E-state index contributed by atoms with van der Waals surface area (Å²) in [4.78, 5) is 5.72. The van der Waals surface area contributed by atoms with Gasteiger partial charge in [-0.2, -0.15) is 0 Å². The molecule has 0 bridgehead atoms. The number of aliphatic hydroxyl groups is 1. The van der Waals surface area contributed by atoms with Gasteiger partial charge in [0.25, 0.3) is 0 Å². The lowest BCUT2D eigenvalue weighted by atomic mass is 10.2. The number of aryl methyl sites for hydroxylation is 3. The molecule has 0 aromatic carbocycles. The van der Waals surface area contributed by atoms with Gasteiger partial charge in [-0.05, 0) is 38.8 Å². The monoisotopic (exact) mass is 237 g/mol. The lowest BCUT2D eigenvalue weighted by Gasteiger charge is -1.93. The molecular weight excluding hydrogens is 222 g/mol. The predicted octanol–water partition coefficient (Wildman–Crippen LogP) is 2.94. The highest BCUT2D eigenvalue weighted by Crippen LogP contribution is 2.29. The van der Waals surface area contributed by atoms with Gasteiger partial charge in [-0.25, -0.2) is 4.98 Å². The first-order valence-electron chi connectivity index (χ1n) is 5.34. The minimum absolute atomic E-state index is 0.229. The SMILES string of the molecule is Cc1ccc(-c2nc(C)c(CCCO)s2)o1. The van der Waals surface area contributed by atoms with Gasteiger partial charge >= 0.3 is 0 Å². The van der Waals surface area contributed by atoms with Crippen LogP contribution in [0, 0.1) is 13.8 Å². The normalized spacial score (nSPS) is 10.9. The van der Waals surface area contributed by atoms with Crippen LogP contribution in [0.4, 0.5) is 0 Å². The molecule has 2 heterocycles. The average molecular weight is 237 g/mol. The van der Waals surface area contributed by atoms with Crippen molar-refractivity contribution in [3.63, 3.8) is 0 Å². The molecule has 2 aromatic rings. The largest absolute Gasteiger partial charge is 0.459 e. The van der Waals surface area contributed by atoms with Crippen molar-refractivity contribution in [2.24, 2.45) is 0 Å². The van der Waals surface area contributed by atoms with Crippen LogP contribution in [-0.4, -0.2) is 16.7 Å². The number of hydrogen-bond donors (Lipinski definition) is 1. The topological polar surface area (TPSA) is 46.3 Å². The Morgan fingerprint density at radius 1 is 1.38 bits per heavy atom. The molecule has 0 saturated carbocycles. The molecule has 0 atom stereocenters. The molecule has 2 rings (SSSR count). The van der Waals surface area contributed by atoms with Crippen molar-refractivity contribution in [1.29, 1.82) is 0 Å². The van der Waals surface area contributed by atoms with Crippen molar-refractivity contribution in [2.75, 3.05) is 6.61 Å². The molecule has 0 fully saturated rings. The van der Waals surface area contributed by atoms with Crippen molar-refractivity contribution >= 4 is 11.3 Å². The summed E-state index contributed by atoms with van der Waals surface area (Å²) < 4.78 is 5.54. The van der Waals surface area contributed by atoms with Gasteiger partial charge in [0.2, 0.25) is 0 Å². The van der Waals surface area contributed by atoms with Gasteiger partial charge in [0.15, 0.2) is 10.8 Å². The zero-order chi connectivity index (χ0) is 11.5. The maximum Gasteiger partial charge on any atom is 0.162 e. The fourth-order valence-electron chi connectivity index (χ4n) is 1.55. The Hall–Kier alpha value is -1.13. The van der Waals surface area contributed by atoms with Crippen LogP contribution in [0.25, 0.3) is 10.8 Å². The van der Waals surface area contributed by atoms with Crippen LogP contribution in [0.3, 0.4) is 0 Å². The van der Waals surface area contributed by atoms with Gasteiger partial charge in [0.05, 0.1) is 5.69 Å². The Morgan fingerprint density at radius 2 is 2.19 bits per heavy atom. The lowest BCUT2D eigenvalue weighted by Crippen LogP contribution is -1.88. The van der Waals surface area contributed by atoms with Crippen molar-refractivity contribution in [1.82, 2.24) is 4.98 Å². The minimum Gasteiger partial charge on any atom is -0.459 e. The summed E-state index contributed by atoms with van der Waals surface area (Å²) in [6.07, 6.45) is 1.68. The second-order valence-corrected chi connectivity index (χ2v) is 4.85. The van der Waals surface area contributed by atoms with E-state index in [9.17, 15) is 0 Å². The smallest absolute Gasteiger partial charge is 0.162 e. The van der Waals surface area contributed by atoms with E-state index in [1.807, 2.05) is 26.0 Å². The number of nitrogens with zero attached hydrogens (tertiary/aromatic N) is 1. The summed E-state index contributed by atoms with van der Waals surface area (Å²) >= 11 is 1.65. The van der Waals surface area contributed by atoms with Crippen LogP contribution < -0.4 is 0 Å².